The Morgan fingerprint density at radius 2 is 2.11 bits per heavy atom. The second-order valence-corrected chi connectivity index (χ2v) is 3.89. The summed E-state index contributed by atoms with van der Waals surface area (Å²) in [5.41, 5.74) is 0. The number of halogens is 3. The van der Waals surface area contributed by atoms with Crippen LogP contribution in [0.2, 0.25) is 0 Å². The Bertz CT molecular complexity index is 416. The minimum atomic E-state index is -4.30. The molecule has 0 spiro atoms. The first kappa shape index (κ1) is 15.1. The number of ether oxygens (including phenoxy) is 2. The van der Waals surface area contributed by atoms with Gasteiger partial charge in [0.2, 0.25) is 0 Å². The molecule has 1 rings (SSSR count). The van der Waals surface area contributed by atoms with Crippen LogP contribution in [0.1, 0.15) is 5.82 Å². The van der Waals surface area contributed by atoms with Crippen LogP contribution in [-0.4, -0.2) is 47.9 Å². The highest BCUT2D eigenvalue weighted by molar-refractivity contribution is 7.71. The third-order valence-electron chi connectivity index (χ3n) is 2.09. The molecule has 9 heteroatoms. The lowest BCUT2D eigenvalue weighted by Gasteiger charge is -2.08. The Kier molecular flexibility index (Phi) is 5.76. The van der Waals surface area contributed by atoms with Crippen molar-refractivity contribution in [3.8, 4) is 0 Å². The van der Waals surface area contributed by atoms with Crippen molar-refractivity contribution in [3.05, 3.63) is 10.6 Å². The lowest BCUT2D eigenvalue weighted by molar-refractivity contribution is -0.173. The Balaban J connectivity index is 2.44. The first-order valence-corrected chi connectivity index (χ1v) is 5.62. The molecular formula is C9H14F3N3O2S. The maximum atomic E-state index is 11.8. The van der Waals surface area contributed by atoms with Crippen molar-refractivity contribution in [3.63, 3.8) is 0 Å². The van der Waals surface area contributed by atoms with Gasteiger partial charge in [-0.2, -0.15) is 18.3 Å². The van der Waals surface area contributed by atoms with E-state index in [9.17, 15) is 13.2 Å². The van der Waals surface area contributed by atoms with E-state index in [1.807, 2.05) is 0 Å². The molecule has 0 atom stereocenters. The quantitative estimate of drug-likeness (QED) is 0.612. The van der Waals surface area contributed by atoms with Crippen molar-refractivity contribution >= 4 is 12.2 Å². The van der Waals surface area contributed by atoms with Crippen molar-refractivity contribution in [2.24, 2.45) is 0 Å². The summed E-state index contributed by atoms with van der Waals surface area (Å²) in [6.45, 7) is -0.368. The van der Waals surface area contributed by atoms with Crippen LogP contribution in [0.25, 0.3) is 0 Å². The van der Waals surface area contributed by atoms with Gasteiger partial charge < -0.3 is 14.0 Å². The third-order valence-corrected chi connectivity index (χ3v) is 2.40. The van der Waals surface area contributed by atoms with Crippen molar-refractivity contribution in [2.45, 2.75) is 19.1 Å². The molecule has 1 aromatic heterocycles. The first-order chi connectivity index (χ1) is 8.44. The van der Waals surface area contributed by atoms with Crippen molar-refractivity contribution < 1.29 is 22.6 Å². The molecule has 0 aliphatic carbocycles. The lowest BCUT2D eigenvalue weighted by Crippen LogP contribution is -2.19. The predicted octanol–water partition coefficient (Wildman–Crippen LogP) is 1.71. The van der Waals surface area contributed by atoms with Gasteiger partial charge in [0, 0.05) is 20.1 Å². The SMILES string of the molecule is COCCn1c(CCOCC(F)(F)F)n[nH]c1=S. The van der Waals surface area contributed by atoms with E-state index in [1.165, 1.54) is 0 Å². The number of nitrogens with zero attached hydrogens (tertiary/aromatic N) is 2. The minimum absolute atomic E-state index is 0.0634. The van der Waals surface area contributed by atoms with E-state index < -0.39 is 12.8 Å². The highest BCUT2D eigenvalue weighted by Crippen LogP contribution is 2.14. The largest absolute Gasteiger partial charge is 0.411 e. The van der Waals surface area contributed by atoms with Gasteiger partial charge >= 0.3 is 6.18 Å². The summed E-state index contributed by atoms with van der Waals surface area (Å²) < 4.78 is 47.0. The second-order valence-electron chi connectivity index (χ2n) is 3.51. The zero-order chi connectivity index (χ0) is 13.6. The molecule has 0 fully saturated rings. The number of rotatable bonds is 7. The molecule has 0 unspecified atom stereocenters. The maximum absolute atomic E-state index is 11.8. The monoisotopic (exact) mass is 285 g/mol. The topological polar surface area (TPSA) is 52.1 Å². The molecule has 104 valence electrons. The predicted molar refractivity (Wildman–Crippen MR) is 59.9 cm³/mol. The van der Waals surface area contributed by atoms with E-state index in [2.05, 4.69) is 14.9 Å². The molecule has 0 aliphatic heterocycles. The number of nitrogens with one attached hydrogen (secondary N) is 1. The minimum Gasteiger partial charge on any atom is -0.383 e. The second kappa shape index (κ2) is 6.86. The third kappa shape index (κ3) is 5.15. The molecule has 1 N–H and O–H groups in total. The number of hydrogen-bond donors (Lipinski definition) is 1. The molecule has 0 saturated carbocycles. The van der Waals surface area contributed by atoms with Gasteiger partial charge in [-0.05, 0) is 12.2 Å². The number of methoxy groups -OCH3 is 1. The van der Waals surface area contributed by atoms with E-state index in [0.717, 1.165) is 0 Å². The Labute approximate surface area is 107 Å². The number of hydrogen-bond acceptors (Lipinski definition) is 4. The van der Waals surface area contributed by atoms with Gasteiger partial charge in [0.05, 0.1) is 13.2 Å². The normalized spacial score (nSPS) is 12.0. The average molecular weight is 285 g/mol. The van der Waals surface area contributed by atoms with Gasteiger partial charge in [-0.25, -0.2) is 0 Å². The number of aromatic nitrogens is 3. The molecule has 0 amide bonds. The number of H-pyrrole nitrogens is 1. The molecule has 0 aliphatic rings. The van der Waals surface area contributed by atoms with Gasteiger partial charge in [-0.15, -0.1) is 0 Å². The highest BCUT2D eigenvalue weighted by Gasteiger charge is 2.27. The number of alkyl halides is 3. The average Bonchev–Trinajstić information content (AvgIpc) is 2.62. The summed E-state index contributed by atoms with van der Waals surface area (Å²) >= 11 is 4.99. The van der Waals surface area contributed by atoms with Gasteiger partial charge in [0.15, 0.2) is 4.77 Å². The van der Waals surface area contributed by atoms with Crippen molar-refractivity contribution in [1.29, 1.82) is 0 Å². The molecular weight excluding hydrogens is 271 g/mol. The van der Waals surface area contributed by atoms with E-state index in [1.54, 1.807) is 11.7 Å². The summed E-state index contributed by atoms with van der Waals surface area (Å²) in [5, 5.41) is 6.52. The summed E-state index contributed by atoms with van der Waals surface area (Å²) in [5.74, 6) is 0.555. The van der Waals surface area contributed by atoms with E-state index in [0.29, 0.717) is 23.7 Å². The van der Waals surface area contributed by atoms with Crippen LogP contribution in [-0.2, 0) is 22.4 Å². The number of aromatic amines is 1. The smallest absolute Gasteiger partial charge is 0.383 e. The fraction of sp³-hybridized carbons (Fsp3) is 0.778. The molecule has 0 aromatic carbocycles. The molecule has 0 saturated heterocycles. The summed E-state index contributed by atoms with van der Waals surface area (Å²) in [7, 11) is 1.55. The summed E-state index contributed by atoms with van der Waals surface area (Å²) in [4.78, 5) is 0. The maximum Gasteiger partial charge on any atom is 0.411 e. The Morgan fingerprint density at radius 1 is 1.39 bits per heavy atom. The molecule has 18 heavy (non-hydrogen) atoms. The summed E-state index contributed by atoms with van der Waals surface area (Å²) in [6, 6.07) is 0. The summed E-state index contributed by atoms with van der Waals surface area (Å²) in [6.07, 6.45) is -4.05. The lowest BCUT2D eigenvalue weighted by atomic mass is 10.4. The molecule has 1 heterocycles. The zero-order valence-electron chi connectivity index (χ0n) is 9.79. The van der Waals surface area contributed by atoms with Gasteiger partial charge in [-0.1, -0.05) is 0 Å². The van der Waals surface area contributed by atoms with E-state index in [-0.39, 0.29) is 13.0 Å². The van der Waals surface area contributed by atoms with Crippen molar-refractivity contribution in [2.75, 3.05) is 26.9 Å². The Morgan fingerprint density at radius 3 is 2.72 bits per heavy atom. The van der Waals surface area contributed by atoms with Crippen LogP contribution >= 0.6 is 12.2 Å². The van der Waals surface area contributed by atoms with Crippen LogP contribution in [0.5, 0.6) is 0 Å². The van der Waals surface area contributed by atoms with Crippen LogP contribution < -0.4 is 0 Å². The van der Waals surface area contributed by atoms with Crippen LogP contribution in [0, 0.1) is 4.77 Å². The van der Waals surface area contributed by atoms with Crippen molar-refractivity contribution in [1.82, 2.24) is 14.8 Å². The zero-order valence-corrected chi connectivity index (χ0v) is 10.6. The molecule has 1 aromatic rings. The Hall–Kier alpha value is -0.930. The van der Waals surface area contributed by atoms with Gasteiger partial charge in [0.25, 0.3) is 0 Å². The van der Waals surface area contributed by atoms with Crippen LogP contribution in [0.4, 0.5) is 13.2 Å². The molecule has 5 nitrogen and oxygen atoms in total. The van der Waals surface area contributed by atoms with Gasteiger partial charge in [0.1, 0.15) is 12.4 Å². The first-order valence-electron chi connectivity index (χ1n) is 5.21. The molecule has 0 bridgehead atoms. The standard InChI is InChI=1S/C9H14F3N3O2S/c1-16-5-3-15-7(13-14-8(15)18)2-4-17-6-9(10,11)12/h2-6H2,1H3,(H,14,18). The highest BCUT2D eigenvalue weighted by atomic mass is 32.1. The molecule has 0 radical (unpaired) electrons. The fourth-order valence-electron chi connectivity index (χ4n) is 1.31. The van der Waals surface area contributed by atoms with E-state index in [4.69, 9.17) is 17.0 Å². The van der Waals surface area contributed by atoms with Crippen LogP contribution in [0.15, 0.2) is 0 Å². The van der Waals surface area contributed by atoms with E-state index >= 15 is 0 Å². The fourth-order valence-corrected chi connectivity index (χ4v) is 1.55. The van der Waals surface area contributed by atoms with Crippen LogP contribution in [0.3, 0.4) is 0 Å². The van der Waals surface area contributed by atoms with Gasteiger partial charge in [-0.3, -0.25) is 5.10 Å².